The Balaban J connectivity index is 1.58. The summed E-state index contributed by atoms with van der Waals surface area (Å²) in [5, 5.41) is 5.52. The summed E-state index contributed by atoms with van der Waals surface area (Å²) in [6, 6.07) is 12.2. The van der Waals surface area contributed by atoms with Gasteiger partial charge in [-0.05, 0) is 56.9 Å². The molecule has 31 heavy (non-hydrogen) atoms. The first-order chi connectivity index (χ1) is 14.7. The molecule has 7 nitrogen and oxygen atoms in total. The highest BCUT2D eigenvalue weighted by Crippen LogP contribution is 2.24. The van der Waals surface area contributed by atoms with E-state index >= 15 is 0 Å². The summed E-state index contributed by atoms with van der Waals surface area (Å²) < 4.78 is 27.0. The second-order valence-electron chi connectivity index (χ2n) is 8.05. The standard InChI is InChI=1S/C23H29N3O4S/c1-16-12-17(2)22(18(3)13-16)25-21(27)14-24-23(28)19-8-7-11-26(15-19)31(29,30)20-9-5-4-6-10-20/h4-6,9-10,12-13,19H,7-8,11,14-15H2,1-3H3,(H,24,28)(H,25,27). The first kappa shape index (κ1) is 23.0. The number of aryl methyl sites for hydroxylation is 3. The van der Waals surface area contributed by atoms with Gasteiger partial charge in [-0.25, -0.2) is 8.42 Å². The van der Waals surface area contributed by atoms with Crippen LogP contribution in [0.15, 0.2) is 47.4 Å². The van der Waals surface area contributed by atoms with Gasteiger partial charge in [-0.15, -0.1) is 0 Å². The molecule has 1 aliphatic rings. The van der Waals surface area contributed by atoms with Crippen LogP contribution in [0.3, 0.4) is 0 Å². The second kappa shape index (κ2) is 9.62. The quantitative estimate of drug-likeness (QED) is 0.718. The van der Waals surface area contributed by atoms with E-state index in [-0.39, 0.29) is 29.8 Å². The van der Waals surface area contributed by atoms with Crippen molar-refractivity contribution in [1.82, 2.24) is 9.62 Å². The summed E-state index contributed by atoms with van der Waals surface area (Å²) in [6.45, 7) is 6.19. The van der Waals surface area contributed by atoms with E-state index in [4.69, 9.17) is 0 Å². The van der Waals surface area contributed by atoms with E-state index in [1.165, 1.54) is 4.31 Å². The number of nitrogens with zero attached hydrogens (tertiary/aromatic N) is 1. The van der Waals surface area contributed by atoms with Gasteiger partial charge >= 0.3 is 0 Å². The molecule has 0 radical (unpaired) electrons. The number of nitrogens with one attached hydrogen (secondary N) is 2. The fourth-order valence-corrected chi connectivity index (χ4v) is 5.53. The number of hydrogen-bond acceptors (Lipinski definition) is 4. The zero-order valence-corrected chi connectivity index (χ0v) is 19.0. The Hall–Kier alpha value is -2.71. The molecule has 0 aromatic heterocycles. The van der Waals surface area contributed by atoms with Crippen LogP contribution in [0.2, 0.25) is 0 Å². The lowest BCUT2D eigenvalue weighted by Crippen LogP contribution is -2.46. The van der Waals surface area contributed by atoms with Crippen molar-refractivity contribution in [2.75, 3.05) is 25.0 Å². The first-order valence-corrected chi connectivity index (χ1v) is 11.8. The molecule has 0 saturated carbocycles. The van der Waals surface area contributed by atoms with Crippen molar-refractivity contribution in [2.24, 2.45) is 5.92 Å². The fourth-order valence-electron chi connectivity index (χ4n) is 3.99. The number of sulfonamides is 1. The van der Waals surface area contributed by atoms with E-state index < -0.39 is 15.9 Å². The minimum Gasteiger partial charge on any atom is -0.347 e. The molecule has 1 unspecified atom stereocenters. The Morgan fingerprint density at radius 2 is 1.71 bits per heavy atom. The molecule has 1 heterocycles. The average Bonchev–Trinajstić information content (AvgIpc) is 2.75. The van der Waals surface area contributed by atoms with Gasteiger partial charge < -0.3 is 10.6 Å². The molecule has 1 atom stereocenters. The van der Waals surface area contributed by atoms with Gasteiger partial charge in [-0.3, -0.25) is 9.59 Å². The van der Waals surface area contributed by atoms with Gasteiger partial charge in [-0.2, -0.15) is 4.31 Å². The van der Waals surface area contributed by atoms with Crippen LogP contribution in [-0.2, 0) is 19.6 Å². The lowest BCUT2D eigenvalue weighted by molar-refractivity contribution is -0.128. The summed E-state index contributed by atoms with van der Waals surface area (Å²) in [4.78, 5) is 25.2. The Morgan fingerprint density at radius 1 is 1.06 bits per heavy atom. The molecular weight excluding hydrogens is 414 g/mol. The number of carbonyl (C=O) groups is 2. The van der Waals surface area contributed by atoms with Crippen LogP contribution < -0.4 is 10.6 Å². The third kappa shape index (κ3) is 5.51. The van der Waals surface area contributed by atoms with Crippen molar-refractivity contribution in [2.45, 2.75) is 38.5 Å². The zero-order chi connectivity index (χ0) is 22.6. The Morgan fingerprint density at radius 3 is 2.35 bits per heavy atom. The van der Waals surface area contributed by atoms with E-state index in [1.807, 2.05) is 32.9 Å². The Labute approximate surface area is 183 Å². The van der Waals surface area contributed by atoms with Crippen molar-refractivity contribution in [1.29, 1.82) is 0 Å². The highest BCUT2D eigenvalue weighted by molar-refractivity contribution is 7.89. The van der Waals surface area contributed by atoms with Crippen molar-refractivity contribution in [3.63, 3.8) is 0 Å². The molecular formula is C23H29N3O4S. The van der Waals surface area contributed by atoms with Crippen LogP contribution in [-0.4, -0.2) is 44.2 Å². The molecule has 0 aliphatic carbocycles. The van der Waals surface area contributed by atoms with Gasteiger partial charge in [0.15, 0.2) is 0 Å². The predicted octanol–water partition coefficient (Wildman–Crippen LogP) is 2.77. The number of rotatable bonds is 6. The fraction of sp³-hybridized carbons (Fsp3) is 0.391. The maximum Gasteiger partial charge on any atom is 0.243 e. The third-order valence-corrected chi connectivity index (χ3v) is 7.38. The summed E-state index contributed by atoms with van der Waals surface area (Å²) in [6.07, 6.45) is 1.18. The smallest absolute Gasteiger partial charge is 0.243 e. The van der Waals surface area contributed by atoms with Gasteiger partial charge in [0.1, 0.15) is 0 Å². The number of carbonyl (C=O) groups excluding carboxylic acids is 2. The van der Waals surface area contributed by atoms with Crippen LogP contribution in [0.5, 0.6) is 0 Å². The largest absolute Gasteiger partial charge is 0.347 e. The summed E-state index contributed by atoms with van der Waals surface area (Å²) in [5.41, 5.74) is 3.80. The lowest BCUT2D eigenvalue weighted by Gasteiger charge is -2.31. The number of hydrogen-bond donors (Lipinski definition) is 2. The van der Waals surface area contributed by atoms with Crippen LogP contribution in [0.1, 0.15) is 29.5 Å². The number of piperidine rings is 1. The number of benzene rings is 2. The molecule has 2 aromatic rings. The van der Waals surface area contributed by atoms with E-state index in [0.29, 0.717) is 19.4 Å². The summed E-state index contributed by atoms with van der Waals surface area (Å²) in [5.74, 6) is -1.10. The molecule has 3 rings (SSSR count). The Bertz CT molecular complexity index is 1040. The van der Waals surface area contributed by atoms with Crippen molar-refractivity contribution >= 4 is 27.5 Å². The molecule has 1 saturated heterocycles. The number of anilines is 1. The van der Waals surface area contributed by atoms with Gasteiger partial charge in [0.05, 0.1) is 17.4 Å². The van der Waals surface area contributed by atoms with Crippen LogP contribution in [0, 0.1) is 26.7 Å². The van der Waals surface area contributed by atoms with E-state index in [2.05, 4.69) is 10.6 Å². The maximum atomic E-state index is 12.8. The average molecular weight is 444 g/mol. The number of amides is 2. The predicted molar refractivity (Wildman–Crippen MR) is 120 cm³/mol. The van der Waals surface area contributed by atoms with Crippen molar-refractivity contribution in [3.05, 3.63) is 59.2 Å². The van der Waals surface area contributed by atoms with Crippen LogP contribution in [0.25, 0.3) is 0 Å². The van der Waals surface area contributed by atoms with Crippen molar-refractivity contribution < 1.29 is 18.0 Å². The van der Waals surface area contributed by atoms with Crippen molar-refractivity contribution in [3.8, 4) is 0 Å². The maximum absolute atomic E-state index is 12.8. The summed E-state index contributed by atoms with van der Waals surface area (Å²) >= 11 is 0. The molecule has 2 amide bonds. The van der Waals surface area contributed by atoms with Crippen LogP contribution >= 0.6 is 0 Å². The minimum atomic E-state index is -3.64. The van der Waals surface area contributed by atoms with Gasteiger partial charge in [-0.1, -0.05) is 35.9 Å². The van der Waals surface area contributed by atoms with E-state index in [9.17, 15) is 18.0 Å². The molecule has 2 aromatic carbocycles. The van der Waals surface area contributed by atoms with Gasteiger partial charge in [0, 0.05) is 18.8 Å². The van der Waals surface area contributed by atoms with E-state index in [1.54, 1.807) is 30.3 Å². The molecule has 0 bridgehead atoms. The van der Waals surface area contributed by atoms with Crippen LogP contribution in [0.4, 0.5) is 5.69 Å². The monoisotopic (exact) mass is 443 g/mol. The van der Waals surface area contributed by atoms with E-state index in [0.717, 1.165) is 22.4 Å². The molecule has 2 N–H and O–H groups in total. The topological polar surface area (TPSA) is 95.6 Å². The summed E-state index contributed by atoms with van der Waals surface area (Å²) in [7, 11) is -3.64. The zero-order valence-electron chi connectivity index (χ0n) is 18.1. The molecule has 1 aliphatic heterocycles. The minimum absolute atomic E-state index is 0.112. The first-order valence-electron chi connectivity index (χ1n) is 10.4. The molecule has 0 spiro atoms. The second-order valence-corrected chi connectivity index (χ2v) is 9.99. The van der Waals surface area contributed by atoms with Gasteiger partial charge in [0.25, 0.3) is 0 Å². The highest BCUT2D eigenvalue weighted by Gasteiger charge is 2.33. The lowest BCUT2D eigenvalue weighted by atomic mass is 9.99. The highest BCUT2D eigenvalue weighted by atomic mass is 32.2. The SMILES string of the molecule is Cc1cc(C)c(NC(=O)CNC(=O)C2CCCN(S(=O)(=O)c3ccccc3)C2)c(C)c1. The third-order valence-electron chi connectivity index (χ3n) is 5.50. The molecule has 8 heteroatoms. The molecule has 166 valence electrons. The normalized spacial score (nSPS) is 17.2. The molecule has 1 fully saturated rings. The Kier molecular flexibility index (Phi) is 7.12. The van der Waals surface area contributed by atoms with Gasteiger partial charge in [0.2, 0.25) is 21.8 Å².